The molecule has 3 rings (SSSR count). The van der Waals surface area contributed by atoms with Gasteiger partial charge in [-0.05, 0) is 44.4 Å². The molecule has 0 radical (unpaired) electrons. The van der Waals surface area contributed by atoms with Crippen LogP contribution in [0.1, 0.15) is 38.5 Å². The molecule has 7 heteroatoms. The Balaban J connectivity index is 1.47. The van der Waals surface area contributed by atoms with Gasteiger partial charge in [0, 0.05) is 18.6 Å². The first-order valence-corrected chi connectivity index (χ1v) is 8.95. The zero-order valence-corrected chi connectivity index (χ0v) is 12.3. The highest BCUT2D eigenvalue weighted by Crippen LogP contribution is 2.35. The summed E-state index contributed by atoms with van der Waals surface area (Å²) in [5.74, 6) is -0.149. The fraction of sp³-hybridized carbons (Fsp3) is 0.923. The molecule has 0 heterocycles. The maximum Gasteiger partial charge on any atom is 0.317 e. The second kappa shape index (κ2) is 5.27. The second-order valence-electron chi connectivity index (χ2n) is 6.45. The number of carbonyl (C=O) groups is 1. The van der Waals surface area contributed by atoms with Gasteiger partial charge in [0.2, 0.25) is 10.0 Å². The summed E-state index contributed by atoms with van der Waals surface area (Å²) in [6, 6.07) is 0.222. The first-order valence-electron chi connectivity index (χ1n) is 7.41. The van der Waals surface area contributed by atoms with Crippen molar-refractivity contribution in [3.8, 4) is 0 Å². The molecule has 20 heavy (non-hydrogen) atoms. The van der Waals surface area contributed by atoms with Crippen molar-refractivity contribution in [2.24, 2.45) is 5.92 Å². The summed E-state index contributed by atoms with van der Waals surface area (Å²) in [6.07, 6.45) is 5.43. The van der Waals surface area contributed by atoms with Crippen molar-refractivity contribution in [1.29, 1.82) is 0 Å². The van der Waals surface area contributed by atoms with Crippen molar-refractivity contribution in [1.82, 2.24) is 9.62 Å². The van der Waals surface area contributed by atoms with E-state index in [-0.39, 0.29) is 23.9 Å². The number of hydrogen-bond acceptors (Lipinski definition) is 4. The lowest BCUT2D eigenvalue weighted by Gasteiger charge is -2.42. The molecular formula is C13H22N2O4S. The van der Waals surface area contributed by atoms with Crippen molar-refractivity contribution < 1.29 is 18.3 Å². The molecule has 0 aromatic carbocycles. The van der Waals surface area contributed by atoms with Gasteiger partial charge in [0.05, 0.1) is 11.8 Å². The maximum absolute atomic E-state index is 11.8. The minimum Gasteiger partial charge on any atom is -0.480 e. The van der Waals surface area contributed by atoms with Crippen LogP contribution < -0.4 is 4.72 Å². The van der Waals surface area contributed by atoms with Gasteiger partial charge in [-0.1, -0.05) is 0 Å². The van der Waals surface area contributed by atoms with Crippen molar-refractivity contribution in [2.75, 3.05) is 13.1 Å². The predicted octanol–water partition coefficient (Wildman–Crippen LogP) is 0.396. The van der Waals surface area contributed by atoms with Gasteiger partial charge in [-0.15, -0.1) is 0 Å². The van der Waals surface area contributed by atoms with Crippen molar-refractivity contribution in [3.05, 3.63) is 0 Å². The first-order chi connectivity index (χ1) is 9.44. The lowest BCUT2D eigenvalue weighted by Crippen LogP contribution is -2.55. The third kappa shape index (κ3) is 3.51. The number of carboxylic acid groups (broad SMARTS) is 1. The highest BCUT2D eigenvalue weighted by atomic mass is 32.2. The molecule has 0 bridgehead atoms. The normalized spacial score (nSPS) is 30.2. The predicted molar refractivity (Wildman–Crippen MR) is 73.8 cm³/mol. The van der Waals surface area contributed by atoms with E-state index in [9.17, 15) is 13.2 Å². The number of nitrogens with one attached hydrogen (secondary N) is 1. The summed E-state index contributed by atoms with van der Waals surface area (Å²) in [7, 11) is -3.11. The van der Waals surface area contributed by atoms with Crippen molar-refractivity contribution in [2.45, 2.75) is 55.9 Å². The van der Waals surface area contributed by atoms with Crippen LogP contribution in [0.15, 0.2) is 0 Å². The van der Waals surface area contributed by atoms with Crippen LogP contribution in [0.25, 0.3) is 0 Å². The van der Waals surface area contributed by atoms with Crippen molar-refractivity contribution >= 4 is 16.0 Å². The van der Waals surface area contributed by atoms with Gasteiger partial charge in [0.1, 0.15) is 0 Å². The van der Waals surface area contributed by atoms with Crippen LogP contribution in [0, 0.1) is 5.92 Å². The zero-order chi connectivity index (χ0) is 14.3. The van der Waals surface area contributed by atoms with Gasteiger partial charge >= 0.3 is 5.97 Å². The van der Waals surface area contributed by atoms with E-state index in [1.165, 1.54) is 12.8 Å². The topological polar surface area (TPSA) is 86.7 Å². The van der Waals surface area contributed by atoms with Gasteiger partial charge < -0.3 is 5.11 Å². The molecule has 114 valence electrons. The molecule has 0 aromatic rings. The van der Waals surface area contributed by atoms with E-state index in [0.717, 1.165) is 32.2 Å². The van der Waals surface area contributed by atoms with Crippen molar-refractivity contribution in [3.63, 3.8) is 0 Å². The number of hydrogen-bond donors (Lipinski definition) is 2. The van der Waals surface area contributed by atoms with Crippen LogP contribution in [0.3, 0.4) is 0 Å². The third-order valence-electron chi connectivity index (χ3n) is 4.45. The van der Waals surface area contributed by atoms with E-state index in [0.29, 0.717) is 5.92 Å². The van der Waals surface area contributed by atoms with Crippen LogP contribution in [0.5, 0.6) is 0 Å². The summed E-state index contributed by atoms with van der Waals surface area (Å²) in [4.78, 5) is 12.9. The zero-order valence-electron chi connectivity index (χ0n) is 11.5. The summed E-state index contributed by atoms with van der Waals surface area (Å²) < 4.78 is 26.4. The molecule has 0 atom stereocenters. The average molecular weight is 302 g/mol. The second-order valence-corrected chi connectivity index (χ2v) is 8.44. The molecule has 3 saturated carbocycles. The highest BCUT2D eigenvalue weighted by Gasteiger charge is 2.42. The van der Waals surface area contributed by atoms with Crippen LogP contribution in [0.2, 0.25) is 0 Å². The van der Waals surface area contributed by atoms with Crippen LogP contribution in [-0.2, 0) is 14.8 Å². The Morgan fingerprint density at radius 2 is 1.85 bits per heavy atom. The molecule has 3 aliphatic rings. The number of aliphatic carboxylic acids is 1. The quantitative estimate of drug-likeness (QED) is 0.677. The maximum atomic E-state index is 11.8. The fourth-order valence-corrected chi connectivity index (χ4v) is 4.44. The summed E-state index contributed by atoms with van der Waals surface area (Å²) in [6.45, 7) is 0.919. The summed E-state index contributed by atoms with van der Waals surface area (Å²) in [5.41, 5.74) is 0. The summed E-state index contributed by atoms with van der Waals surface area (Å²) >= 11 is 0. The number of nitrogens with zero attached hydrogens (tertiary/aromatic N) is 1. The Morgan fingerprint density at radius 1 is 1.20 bits per heavy atom. The van der Waals surface area contributed by atoms with E-state index >= 15 is 0 Å². The number of rotatable bonds is 8. The van der Waals surface area contributed by atoms with Gasteiger partial charge in [-0.2, -0.15) is 0 Å². The Hall–Kier alpha value is -0.660. The molecular weight excluding hydrogens is 280 g/mol. The molecule has 0 amide bonds. The van der Waals surface area contributed by atoms with Gasteiger partial charge in [0.25, 0.3) is 0 Å². The van der Waals surface area contributed by atoms with Crippen LogP contribution >= 0.6 is 0 Å². The Labute approximate surface area is 119 Å². The van der Waals surface area contributed by atoms with E-state index in [2.05, 4.69) is 4.72 Å². The lowest BCUT2D eigenvalue weighted by molar-refractivity contribution is -0.139. The molecule has 0 unspecified atom stereocenters. The van der Waals surface area contributed by atoms with E-state index in [1.807, 2.05) is 4.90 Å². The SMILES string of the molecule is O=C(O)CN(CC1CC1)C1CC(NS(=O)(=O)C2CC2)C1. The molecule has 0 spiro atoms. The Kier molecular flexibility index (Phi) is 3.77. The highest BCUT2D eigenvalue weighted by molar-refractivity contribution is 7.90. The fourth-order valence-electron chi connectivity index (χ4n) is 2.84. The third-order valence-corrected chi connectivity index (χ3v) is 6.46. The monoisotopic (exact) mass is 302 g/mol. The van der Waals surface area contributed by atoms with E-state index in [1.54, 1.807) is 0 Å². The standard InChI is InChI=1S/C13H22N2O4S/c16-13(17)8-15(7-9-1-2-9)11-5-10(6-11)14-20(18,19)12-3-4-12/h9-12,14H,1-8H2,(H,16,17). The van der Waals surface area contributed by atoms with Gasteiger partial charge in [-0.25, -0.2) is 13.1 Å². The largest absolute Gasteiger partial charge is 0.480 e. The molecule has 3 fully saturated rings. The molecule has 2 N–H and O–H groups in total. The van der Waals surface area contributed by atoms with Gasteiger partial charge in [0.15, 0.2) is 0 Å². The van der Waals surface area contributed by atoms with Crippen LogP contribution in [0.4, 0.5) is 0 Å². The van der Waals surface area contributed by atoms with Gasteiger partial charge in [-0.3, -0.25) is 9.69 Å². The van der Waals surface area contributed by atoms with E-state index in [4.69, 9.17) is 5.11 Å². The minimum absolute atomic E-state index is 0.00102. The molecule has 0 aromatic heterocycles. The number of sulfonamides is 1. The number of carboxylic acids is 1. The molecule has 0 saturated heterocycles. The molecule has 0 aliphatic heterocycles. The minimum atomic E-state index is -3.11. The Morgan fingerprint density at radius 3 is 2.35 bits per heavy atom. The summed E-state index contributed by atoms with van der Waals surface area (Å²) in [5, 5.41) is 8.79. The Bertz CT molecular complexity index is 479. The molecule has 3 aliphatic carbocycles. The smallest absolute Gasteiger partial charge is 0.317 e. The van der Waals surface area contributed by atoms with Crippen LogP contribution in [-0.4, -0.2) is 54.8 Å². The first kappa shape index (κ1) is 14.3. The lowest BCUT2D eigenvalue weighted by atomic mass is 9.86. The average Bonchev–Trinajstić information content (AvgIpc) is 3.09. The molecule has 6 nitrogen and oxygen atoms in total. The van der Waals surface area contributed by atoms with E-state index < -0.39 is 16.0 Å².